The Bertz CT molecular complexity index is 1090. The maximum absolute atomic E-state index is 13.1. The average molecular weight is 401 g/mol. The van der Waals surface area contributed by atoms with Gasteiger partial charge in [0.1, 0.15) is 11.3 Å². The first-order valence-corrected chi connectivity index (χ1v) is 10.8. The van der Waals surface area contributed by atoms with Gasteiger partial charge < -0.3 is 9.30 Å². The fourth-order valence-electron chi connectivity index (χ4n) is 3.77. The van der Waals surface area contributed by atoms with Crippen LogP contribution in [0.2, 0.25) is 0 Å². The molecule has 148 valence electrons. The van der Waals surface area contributed by atoms with Crippen molar-refractivity contribution in [2.45, 2.75) is 30.7 Å². The number of aromatic nitrogens is 3. The van der Waals surface area contributed by atoms with Crippen molar-refractivity contribution in [3.05, 3.63) is 54.0 Å². The van der Waals surface area contributed by atoms with Gasteiger partial charge in [-0.2, -0.15) is 4.31 Å². The van der Waals surface area contributed by atoms with Crippen molar-refractivity contribution in [3.63, 3.8) is 0 Å². The highest BCUT2D eigenvalue weighted by molar-refractivity contribution is 7.89. The quantitative estimate of drug-likeness (QED) is 0.636. The number of imidazole rings is 1. The van der Waals surface area contributed by atoms with E-state index in [1.54, 1.807) is 35.8 Å². The molecule has 1 aliphatic rings. The average Bonchev–Trinajstić information content (AvgIpc) is 3.31. The molecule has 0 radical (unpaired) electrons. The summed E-state index contributed by atoms with van der Waals surface area (Å²) in [5.41, 5.74) is 2.58. The van der Waals surface area contributed by atoms with E-state index in [1.807, 2.05) is 25.1 Å². The summed E-state index contributed by atoms with van der Waals surface area (Å²) in [6.07, 6.45) is 2.49. The molecule has 1 saturated heterocycles. The molecule has 0 N–H and O–H groups in total. The topological polar surface area (TPSA) is 77.3 Å². The van der Waals surface area contributed by atoms with Crippen LogP contribution in [0.5, 0.6) is 0 Å². The molecular formula is C20H24N4O3S. The summed E-state index contributed by atoms with van der Waals surface area (Å²) in [5.74, 6) is 0.915. The highest BCUT2D eigenvalue weighted by atomic mass is 32.2. The third-order valence-electron chi connectivity index (χ3n) is 5.20. The van der Waals surface area contributed by atoms with E-state index >= 15 is 0 Å². The van der Waals surface area contributed by atoms with Crippen LogP contribution in [0.15, 0.2) is 47.5 Å². The zero-order valence-corrected chi connectivity index (χ0v) is 16.9. The first kappa shape index (κ1) is 19.0. The van der Waals surface area contributed by atoms with E-state index in [4.69, 9.17) is 9.72 Å². The summed E-state index contributed by atoms with van der Waals surface area (Å²) in [6.45, 7) is 4.00. The lowest BCUT2D eigenvalue weighted by molar-refractivity contribution is 0.187. The van der Waals surface area contributed by atoms with Gasteiger partial charge in [0.05, 0.1) is 11.5 Å². The molecule has 1 unspecified atom stereocenters. The zero-order chi connectivity index (χ0) is 19.7. The SMILES string of the molecule is COCCn1c(C2CCN(S(=O)(=O)c3cccc(C)c3)C2)nc2cccnc21. The number of pyridine rings is 1. The molecule has 8 heteroatoms. The van der Waals surface area contributed by atoms with E-state index in [1.165, 1.54) is 0 Å². The number of fused-ring (bicyclic) bond motifs is 1. The molecule has 1 aromatic carbocycles. The third-order valence-corrected chi connectivity index (χ3v) is 7.06. The second-order valence-electron chi connectivity index (χ2n) is 7.13. The van der Waals surface area contributed by atoms with E-state index in [9.17, 15) is 8.42 Å². The highest BCUT2D eigenvalue weighted by Gasteiger charge is 2.35. The fraction of sp³-hybridized carbons (Fsp3) is 0.400. The smallest absolute Gasteiger partial charge is 0.243 e. The largest absolute Gasteiger partial charge is 0.383 e. The number of rotatable bonds is 6. The van der Waals surface area contributed by atoms with Gasteiger partial charge in [-0.3, -0.25) is 0 Å². The number of ether oxygens (including phenoxy) is 1. The monoisotopic (exact) mass is 400 g/mol. The predicted molar refractivity (Wildman–Crippen MR) is 107 cm³/mol. The Labute approximate surface area is 165 Å². The van der Waals surface area contributed by atoms with Gasteiger partial charge >= 0.3 is 0 Å². The molecule has 0 saturated carbocycles. The number of nitrogens with zero attached hydrogens (tertiary/aromatic N) is 4. The standard InChI is InChI=1S/C20H24N4O3S/c1-15-5-3-6-17(13-15)28(25,26)23-10-8-16(14-23)19-22-18-7-4-9-21-20(18)24(19)11-12-27-2/h3-7,9,13,16H,8,10-12,14H2,1-2H3. The van der Waals surface area contributed by atoms with Gasteiger partial charge in [0.25, 0.3) is 0 Å². The van der Waals surface area contributed by atoms with Gasteiger partial charge in [0.15, 0.2) is 5.65 Å². The molecule has 1 fully saturated rings. The van der Waals surface area contributed by atoms with E-state index in [0.29, 0.717) is 31.1 Å². The lowest BCUT2D eigenvalue weighted by atomic mass is 10.1. The normalized spacial score (nSPS) is 18.1. The minimum absolute atomic E-state index is 0.0330. The van der Waals surface area contributed by atoms with Gasteiger partial charge in [0.2, 0.25) is 10.0 Å². The molecule has 2 aromatic heterocycles. The first-order valence-electron chi connectivity index (χ1n) is 9.37. The van der Waals surface area contributed by atoms with Crippen molar-refractivity contribution >= 4 is 21.2 Å². The van der Waals surface area contributed by atoms with Crippen LogP contribution in [-0.2, 0) is 21.3 Å². The van der Waals surface area contributed by atoms with Crippen LogP contribution in [0.4, 0.5) is 0 Å². The lowest BCUT2D eigenvalue weighted by Crippen LogP contribution is -2.29. The number of hydrogen-bond acceptors (Lipinski definition) is 5. The Balaban J connectivity index is 1.64. The summed E-state index contributed by atoms with van der Waals surface area (Å²) in [7, 11) is -1.84. The van der Waals surface area contributed by atoms with Crippen molar-refractivity contribution in [1.29, 1.82) is 0 Å². The van der Waals surface area contributed by atoms with E-state index in [-0.39, 0.29) is 5.92 Å². The Morgan fingerprint density at radius 1 is 1.25 bits per heavy atom. The first-order chi connectivity index (χ1) is 13.5. The molecule has 0 spiro atoms. The molecule has 0 bridgehead atoms. The predicted octanol–water partition coefficient (Wildman–Crippen LogP) is 2.56. The molecule has 4 rings (SSSR count). The maximum atomic E-state index is 13.1. The Hall–Kier alpha value is -2.29. The molecule has 3 aromatic rings. The molecule has 3 heterocycles. The van der Waals surface area contributed by atoms with E-state index in [2.05, 4.69) is 9.55 Å². The minimum Gasteiger partial charge on any atom is -0.383 e. The van der Waals surface area contributed by atoms with Gasteiger partial charge in [-0.25, -0.2) is 18.4 Å². The van der Waals surface area contributed by atoms with Crippen molar-refractivity contribution < 1.29 is 13.2 Å². The number of benzene rings is 1. The molecule has 1 atom stereocenters. The third kappa shape index (κ3) is 3.43. The van der Waals surface area contributed by atoms with E-state index in [0.717, 1.165) is 29.0 Å². The van der Waals surface area contributed by atoms with Gasteiger partial charge in [-0.1, -0.05) is 12.1 Å². The summed E-state index contributed by atoms with van der Waals surface area (Å²) < 4.78 is 35.0. The Morgan fingerprint density at radius 3 is 2.89 bits per heavy atom. The van der Waals surface area contributed by atoms with Crippen molar-refractivity contribution in [2.75, 3.05) is 26.8 Å². The van der Waals surface area contributed by atoms with Crippen LogP contribution < -0.4 is 0 Å². The zero-order valence-electron chi connectivity index (χ0n) is 16.1. The summed E-state index contributed by atoms with van der Waals surface area (Å²) >= 11 is 0. The van der Waals surface area contributed by atoms with Crippen LogP contribution in [0.3, 0.4) is 0 Å². The van der Waals surface area contributed by atoms with Crippen LogP contribution in [0, 0.1) is 6.92 Å². The van der Waals surface area contributed by atoms with Crippen molar-refractivity contribution in [2.24, 2.45) is 0 Å². The van der Waals surface area contributed by atoms with Crippen LogP contribution >= 0.6 is 0 Å². The number of sulfonamides is 1. The highest BCUT2D eigenvalue weighted by Crippen LogP contribution is 2.32. The minimum atomic E-state index is -3.51. The Morgan fingerprint density at radius 2 is 2.11 bits per heavy atom. The summed E-state index contributed by atoms with van der Waals surface area (Å²) in [6, 6.07) is 10.9. The van der Waals surface area contributed by atoms with Crippen molar-refractivity contribution in [3.8, 4) is 0 Å². The second-order valence-corrected chi connectivity index (χ2v) is 9.06. The Kier molecular flexibility index (Phi) is 5.18. The maximum Gasteiger partial charge on any atom is 0.243 e. The fourth-order valence-corrected chi connectivity index (χ4v) is 5.38. The molecular weight excluding hydrogens is 376 g/mol. The lowest BCUT2D eigenvalue weighted by Gasteiger charge is -2.17. The number of aryl methyl sites for hydroxylation is 1. The van der Waals surface area contributed by atoms with Gasteiger partial charge in [-0.15, -0.1) is 0 Å². The van der Waals surface area contributed by atoms with Crippen molar-refractivity contribution in [1.82, 2.24) is 18.8 Å². The second kappa shape index (κ2) is 7.62. The molecule has 1 aliphatic heterocycles. The number of hydrogen-bond donors (Lipinski definition) is 0. The van der Waals surface area contributed by atoms with Crippen LogP contribution in [0.1, 0.15) is 23.7 Å². The molecule has 0 aliphatic carbocycles. The van der Waals surface area contributed by atoms with E-state index < -0.39 is 10.0 Å². The molecule has 28 heavy (non-hydrogen) atoms. The van der Waals surface area contributed by atoms with Gasteiger partial charge in [-0.05, 0) is 43.2 Å². The molecule has 7 nitrogen and oxygen atoms in total. The number of methoxy groups -OCH3 is 1. The summed E-state index contributed by atoms with van der Waals surface area (Å²) in [5, 5.41) is 0. The van der Waals surface area contributed by atoms with Gasteiger partial charge in [0, 0.05) is 38.9 Å². The molecule has 0 amide bonds. The van der Waals surface area contributed by atoms with Crippen LogP contribution in [-0.4, -0.2) is 54.1 Å². The summed E-state index contributed by atoms with van der Waals surface area (Å²) in [4.78, 5) is 9.59. The van der Waals surface area contributed by atoms with Crippen LogP contribution in [0.25, 0.3) is 11.2 Å².